The van der Waals surface area contributed by atoms with E-state index in [2.05, 4.69) is 106 Å². The molecule has 6 nitrogen and oxygen atoms in total. The van der Waals surface area contributed by atoms with Gasteiger partial charge in [0.1, 0.15) is 13.2 Å². The van der Waals surface area contributed by atoms with Gasteiger partial charge in [-0.05, 0) is 103 Å². The van der Waals surface area contributed by atoms with E-state index < -0.39 is 6.10 Å². The molecule has 0 spiro atoms. The monoisotopic (exact) mass is 975 g/mol. The minimum atomic E-state index is -0.792. The van der Waals surface area contributed by atoms with E-state index >= 15 is 0 Å². The van der Waals surface area contributed by atoms with Crippen molar-refractivity contribution in [1.82, 2.24) is 0 Å². The van der Waals surface area contributed by atoms with Crippen molar-refractivity contribution in [2.45, 2.75) is 290 Å². The second-order valence-corrected chi connectivity index (χ2v) is 19.6. The highest BCUT2D eigenvalue weighted by Gasteiger charge is 2.19. The summed E-state index contributed by atoms with van der Waals surface area (Å²) < 4.78 is 16.9. The first-order valence-electron chi connectivity index (χ1n) is 29.6. The third-order valence-electron chi connectivity index (χ3n) is 12.7. The van der Waals surface area contributed by atoms with Crippen molar-refractivity contribution < 1.29 is 28.6 Å². The number of hydrogen-bond donors (Lipinski definition) is 0. The predicted molar refractivity (Wildman–Crippen MR) is 302 cm³/mol. The Morgan fingerprint density at radius 1 is 0.314 bits per heavy atom. The predicted octanol–water partition coefficient (Wildman–Crippen LogP) is 19.9. The van der Waals surface area contributed by atoms with Gasteiger partial charge in [-0.3, -0.25) is 14.4 Å². The number of carbonyl (C=O) groups excluding carboxylic acids is 3. The molecule has 1 atom stereocenters. The van der Waals surface area contributed by atoms with Gasteiger partial charge in [0.15, 0.2) is 6.10 Å². The van der Waals surface area contributed by atoms with Crippen molar-refractivity contribution in [3.05, 3.63) is 85.1 Å². The fraction of sp³-hybridized carbons (Fsp3) is 0.734. The van der Waals surface area contributed by atoms with Crippen LogP contribution in [0, 0.1) is 0 Å². The summed E-state index contributed by atoms with van der Waals surface area (Å²) >= 11 is 0. The molecule has 0 saturated carbocycles. The number of hydrogen-bond acceptors (Lipinski definition) is 6. The first kappa shape index (κ1) is 66.6. The Labute approximate surface area is 433 Å². The first-order valence-corrected chi connectivity index (χ1v) is 29.6. The zero-order valence-electron chi connectivity index (χ0n) is 46.0. The Bertz CT molecular complexity index is 1350. The van der Waals surface area contributed by atoms with Gasteiger partial charge in [0, 0.05) is 19.3 Å². The van der Waals surface area contributed by atoms with E-state index in [4.69, 9.17) is 14.2 Å². The molecule has 0 aromatic carbocycles. The highest BCUT2D eigenvalue weighted by molar-refractivity contribution is 5.71. The Balaban J connectivity index is 4.43. The largest absolute Gasteiger partial charge is 0.462 e. The van der Waals surface area contributed by atoms with Gasteiger partial charge in [-0.1, -0.05) is 247 Å². The highest BCUT2D eigenvalue weighted by atomic mass is 16.6. The van der Waals surface area contributed by atoms with Gasteiger partial charge in [0.25, 0.3) is 0 Å². The molecular weight excluding hydrogens is 865 g/mol. The van der Waals surface area contributed by atoms with Gasteiger partial charge in [0.05, 0.1) is 0 Å². The average Bonchev–Trinajstić information content (AvgIpc) is 3.36. The van der Waals surface area contributed by atoms with Crippen molar-refractivity contribution in [2.24, 2.45) is 0 Å². The summed E-state index contributed by atoms with van der Waals surface area (Å²) in [6, 6.07) is 0. The van der Waals surface area contributed by atoms with Gasteiger partial charge < -0.3 is 14.2 Å². The van der Waals surface area contributed by atoms with Crippen LogP contribution in [0.3, 0.4) is 0 Å². The van der Waals surface area contributed by atoms with Crippen LogP contribution in [0.2, 0.25) is 0 Å². The molecular formula is C64H110O6. The number of carbonyl (C=O) groups is 3. The summed E-state index contributed by atoms with van der Waals surface area (Å²) in [6.07, 6.45) is 75.7. The number of ether oxygens (including phenoxy) is 3. The summed E-state index contributed by atoms with van der Waals surface area (Å²) in [5.41, 5.74) is 0. The zero-order valence-corrected chi connectivity index (χ0v) is 46.0. The molecule has 0 fully saturated rings. The molecule has 1 unspecified atom stereocenters. The molecule has 0 rings (SSSR count). The summed E-state index contributed by atoms with van der Waals surface area (Å²) in [5, 5.41) is 0. The smallest absolute Gasteiger partial charge is 0.306 e. The maximum Gasteiger partial charge on any atom is 0.306 e. The Morgan fingerprint density at radius 3 is 1.01 bits per heavy atom. The second kappa shape index (κ2) is 58.2. The van der Waals surface area contributed by atoms with E-state index in [-0.39, 0.29) is 31.1 Å². The van der Waals surface area contributed by atoms with Crippen LogP contribution in [-0.4, -0.2) is 37.2 Å². The SMILES string of the molecule is CC/C=C\C/C=C\C/C=C\CCCCCCCCCCCC(=O)OCC(COC(=O)CCCCCCCCC/C=C\CCCCCC)OC(=O)CCCCCCC\C=C/C=C\C=C/CCCCCCC. The Kier molecular flexibility index (Phi) is 55.3. The summed E-state index contributed by atoms with van der Waals surface area (Å²) in [5.74, 6) is -0.910. The van der Waals surface area contributed by atoms with Crippen molar-refractivity contribution in [3.63, 3.8) is 0 Å². The summed E-state index contributed by atoms with van der Waals surface area (Å²) in [4.78, 5) is 38.2. The number of allylic oxidation sites excluding steroid dienone is 14. The van der Waals surface area contributed by atoms with Gasteiger partial charge in [-0.25, -0.2) is 0 Å². The summed E-state index contributed by atoms with van der Waals surface area (Å²) in [7, 11) is 0. The molecule has 0 aromatic rings. The lowest BCUT2D eigenvalue weighted by Crippen LogP contribution is -2.30. The Hall–Kier alpha value is -3.41. The number of esters is 3. The third kappa shape index (κ3) is 55.5. The van der Waals surface area contributed by atoms with E-state index in [1.54, 1.807) is 0 Å². The molecule has 0 saturated heterocycles. The van der Waals surface area contributed by atoms with Crippen LogP contribution >= 0.6 is 0 Å². The van der Waals surface area contributed by atoms with E-state index in [1.165, 1.54) is 141 Å². The molecule has 0 amide bonds. The molecule has 0 radical (unpaired) electrons. The topological polar surface area (TPSA) is 78.9 Å². The lowest BCUT2D eigenvalue weighted by molar-refractivity contribution is -0.167. The average molecular weight is 976 g/mol. The van der Waals surface area contributed by atoms with Crippen LogP contribution in [0.5, 0.6) is 0 Å². The lowest BCUT2D eigenvalue weighted by atomic mass is 10.1. The maximum atomic E-state index is 12.9. The molecule has 0 aliphatic carbocycles. The molecule has 70 heavy (non-hydrogen) atoms. The molecule has 0 aliphatic rings. The highest BCUT2D eigenvalue weighted by Crippen LogP contribution is 2.15. The molecule has 0 N–H and O–H groups in total. The van der Waals surface area contributed by atoms with Crippen molar-refractivity contribution in [3.8, 4) is 0 Å². The molecule has 6 heteroatoms. The van der Waals surface area contributed by atoms with E-state index in [0.29, 0.717) is 19.3 Å². The first-order chi connectivity index (χ1) is 34.5. The quantitative estimate of drug-likeness (QED) is 0.0199. The zero-order chi connectivity index (χ0) is 50.7. The van der Waals surface area contributed by atoms with Crippen molar-refractivity contribution in [2.75, 3.05) is 13.2 Å². The Morgan fingerprint density at radius 2 is 0.614 bits per heavy atom. The third-order valence-corrected chi connectivity index (χ3v) is 12.7. The van der Waals surface area contributed by atoms with Crippen molar-refractivity contribution >= 4 is 17.9 Å². The van der Waals surface area contributed by atoms with Gasteiger partial charge in [-0.15, -0.1) is 0 Å². The molecule has 0 heterocycles. The number of unbranched alkanes of at least 4 members (excludes halogenated alkanes) is 30. The van der Waals surface area contributed by atoms with E-state index in [0.717, 1.165) is 103 Å². The van der Waals surface area contributed by atoms with Crippen LogP contribution in [0.1, 0.15) is 284 Å². The maximum absolute atomic E-state index is 12.9. The van der Waals surface area contributed by atoms with Crippen LogP contribution < -0.4 is 0 Å². The number of rotatable bonds is 53. The molecule has 0 aliphatic heterocycles. The standard InChI is InChI=1S/C64H110O6/c1-4-7-10-13-16-19-22-25-28-30-32-34-36-39-42-45-48-51-54-57-63(66)69-60-61(59-68-62(65)56-53-50-47-44-41-38-35-27-24-21-18-15-12-9-6-3)70-64(67)58-55-52-49-46-43-40-37-33-31-29-26-23-20-17-14-11-8-5-2/h7,10,16,19,21,23-26,28-29,31,33,37,61H,4-6,8-9,11-15,17-18,20,22,27,30,32,34-36,38-60H2,1-3H3/b10-7-,19-16-,24-21-,26-23-,28-25-,31-29-,37-33-. The van der Waals surface area contributed by atoms with Crippen LogP contribution in [0.4, 0.5) is 0 Å². The van der Waals surface area contributed by atoms with Gasteiger partial charge >= 0.3 is 17.9 Å². The fourth-order valence-electron chi connectivity index (χ4n) is 8.22. The van der Waals surface area contributed by atoms with E-state index in [1.807, 2.05) is 0 Å². The fourth-order valence-corrected chi connectivity index (χ4v) is 8.22. The van der Waals surface area contributed by atoms with Crippen LogP contribution in [0.15, 0.2) is 85.1 Å². The normalized spacial score (nSPS) is 12.7. The molecule has 402 valence electrons. The minimum Gasteiger partial charge on any atom is -0.462 e. The second-order valence-electron chi connectivity index (χ2n) is 19.6. The molecule has 0 bridgehead atoms. The van der Waals surface area contributed by atoms with Crippen LogP contribution in [0.25, 0.3) is 0 Å². The van der Waals surface area contributed by atoms with Crippen molar-refractivity contribution in [1.29, 1.82) is 0 Å². The lowest BCUT2D eigenvalue weighted by Gasteiger charge is -2.18. The minimum absolute atomic E-state index is 0.0884. The van der Waals surface area contributed by atoms with Crippen LogP contribution in [-0.2, 0) is 28.6 Å². The van der Waals surface area contributed by atoms with E-state index in [9.17, 15) is 14.4 Å². The van der Waals surface area contributed by atoms with Gasteiger partial charge in [0.2, 0.25) is 0 Å². The molecule has 0 aromatic heterocycles. The summed E-state index contributed by atoms with van der Waals surface area (Å²) in [6.45, 7) is 6.50. The van der Waals surface area contributed by atoms with Gasteiger partial charge in [-0.2, -0.15) is 0 Å².